The van der Waals surface area contributed by atoms with Gasteiger partial charge < -0.3 is 0 Å². The van der Waals surface area contributed by atoms with Crippen molar-refractivity contribution in [1.29, 1.82) is 0 Å². The summed E-state index contributed by atoms with van der Waals surface area (Å²) in [5.41, 5.74) is 8.81. The number of rotatable bonds is 2. The molecule has 0 unspecified atom stereocenters. The van der Waals surface area contributed by atoms with E-state index in [1.54, 1.807) is 0 Å². The molecule has 0 atom stereocenters. The minimum Gasteiger partial charge on any atom is -0.233 e. The van der Waals surface area contributed by atoms with Gasteiger partial charge in [-0.25, -0.2) is 9.67 Å². The maximum Gasteiger partial charge on any atom is 0.165 e. The molecule has 0 spiro atoms. The van der Waals surface area contributed by atoms with Gasteiger partial charge in [-0.2, -0.15) is 14.7 Å². The van der Waals surface area contributed by atoms with Crippen LogP contribution in [0.25, 0.3) is 22.6 Å². The topological polar surface area (TPSA) is 48.0 Å². The third kappa shape index (κ3) is 2.13. The Hall–Kier alpha value is -2.95. The monoisotopic (exact) mass is 343 g/mol. The second-order valence-electron chi connectivity index (χ2n) is 7.11. The van der Waals surface area contributed by atoms with Crippen LogP contribution in [0, 0.1) is 20.8 Å². The molecular formula is C21H21N5. The largest absolute Gasteiger partial charge is 0.233 e. The first-order chi connectivity index (χ1) is 12.6. The third-order valence-electron chi connectivity index (χ3n) is 5.21. The van der Waals surface area contributed by atoms with E-state index in [1.807, 2.05) is 22.2 Å². The number of benzene rings is 1. The quantitative estimate of drug-likeness (QED) is 0.553. The lowest BCUT2D eigenvalue weighted by Gasteiger charge is -2.13. The Morgan fingerprint density at radius 2 is 1.77 bits per heavy atom. The lowest BCUT2D eigenvalue weighted by Crippen LogP contribution is -2.12. The summed E-state index contributed by atoms with van der Waals surface area (Å²) >= 11 is 0. The molecule has 0 saturated heterocycles. The van der Waals surface area contributed by atoms with Gasteiger partial charge in [0.1, 0.15) is 0 Å². The Balaban J connectivity index is 1.90. The molecule has 5 rings (SSSR count). The summed E-state index contributed by atoms with van der Waals surface area (Å²) in [6, 6.07) is 12.5. The van der Waals surface area contributed by atoms with Crippen LogP contribution in [0.4, 0.5) is 0 Å². The molecule has 26 heavy (non-hydrogen) atoms. The van der Waals surface area contributed by atoms with Crippen molar-refractivity contribution in [3.05, 3.63) is 64.7 Å². The molecule has 130 valence electrons. The van der Waals surface area contributed by atoms with E-state index in [0.29, 0.717) is 0 Å². The van der Waals surface area contributed by atoms with Gasteiger partial charge in [0.25, 0.3) is 0 Å². The van der Waals surface area contributed by atoms with Gasteiger partial charge in [0.05, 0.1) is 11.4 Å². The van der Waals surface area contributed by atoms with E-state index >= 15 is 0 Å². The number of hydrogen-bond donors (Lipinski definition) is 0. The van der Waals surface area contributed by atoms with Gasteiger partial charge in [-0.3, -0.25) is 0 Å². The molecule has 0 bridgehead atoms. The highest BCUT2D eigenvalue weighted by Crippen LogP contribution is 2.33. The number of fused-ring (bicyclic) bond motifs is 2. The van der Waals surface area contributed by atoms with Crippen molar-refractivity contribution < 1.29 is 0 Å². The Kier molecular flexibility index (Phi) is 3.26. The van der Waals surface area contributed by atoms with Crippen LogP contribution in [0.3, 0.4) is 0 Å². The molecule has 0 radical (unpaired) electrons. The van der Waals surface area contributed by atoms with Crippen LogP contribution < -0.4 is 0 Å². The zero-order chi connectivity index (χ0) is 17.8. The molecule has 0 N–H and O–H groups in total. The van der Waals surface area contributed by atoms with E-state index < -0.39 is 0 Å². The van der Waals surface area contributed by atoms with E-state index in [4.69, 9.17) is 15.2 Å². The summed E-state index contributed by atoms with van der Waals surface area (Å²) < 4.78 is 4.04. The molecule has 5 heteroatoms. The Labute approximate surface area is 152 Å². The average Bonchev–Trinajstić information content (AvgIpc) is 3.30. The van der Waals surface area contributed by atoms with E-state index in [9.17, 15) is 0 Å². The smallest absolute Gasteiger partial charge is 0.165 e. The highest BCUT2D eigenvalue weighted by atomic mass is 15.4. The van der Waals surface area contributed by atoms with Gasteiger partial charge in [0.2, 0.25) is 0 Å². The number of nitrogens with zero attached hydrogens (tertiary/aromatic N) is 5. The second-order valence-corrected chi connectivity index (χ2v) is 7.11. The van der Waals surface area contributed by atoms with Crippen molar-refractivity contribution in [1.82, 2.24) is 24.4 Å². The van der Waals surface area contributed by atoms with E-state index in [2.05, 4.69) is 44.2 Å². The predicted molar refractivity (Wildman–Crippen MR) is 102 cm³/mol. The fraction of sp³-hybridized carbons (Fsp3) is 0.286. The molecule has 0 amide bonds. The minimum absolute atomic E-state index is 0.928. The van der Waals surface area contributed by atoms with Crippen LogP contribution in [0.15, 0.2) is 36.4 Å². The Bertz CT molecular complexity index is 1130. The first kappa shape index (κ1) is 15.3. The minimum atomic E-state index is 0.928. The second kappa shape index (κ2) is 5.53. The van der Waals surface area contributed by atoms with Crippen LogP contribution >= 0.6 is 0 Å². The summed E-state index contributed by atoms with van der Waals surface area (Å²) in [6.45, 7) is 6.20. The maximum absolute atomic E-state index is 5.03. The molecule has 0 saturated carbocycles. The fourth-order valence-corrected chi connectivity index (χ4v) is 4.12. The summed E-state index contributed by atoms with van der Waals surface area (Å²) in [5.74, 6) is 1.05. The Morgan fingerprint density at radius 3 is 2.50 bits per heavy atom. The van der Waals surface area contributed by atoms with Gasteiger partial charge in [0.15, 0.2) is 11.5 Å². The lowest BCUT2D eigenvalue weighted by atomic mass is 10.1. The zero-order valence-electron chi connectivity index (χ0n) is 15.3. The van der Waals surface area contributed by atoms with Gasteiger partial charge in [-0.15, -0.1) is 0 Å². The van der Waals surface area contributed by atoms with Crippen LogP contribution in [0.5, 0.6) is 0 Å². The van der Waals surface area contributed by atoms with Crippen molar-refractivity contribution in [3.63, 3.8) is 0 Å². The number of aryl methyl sites for hydroxylation is 4. The zero-order valence-corrected chi connectivity index (χ0v) is 15.3. The molecule has 5 nitrogen and oxygen atoms in total. The summed E-state index contributed by atoms with van der Waals surface area (Å²) in [5, 5.41) is 9.63. The average molecular weight is 343 g/mol. The standard InChI is InChI=1S/C21H21N5/c1-13-12-14(2)25(23-13)21-17-10-7-11-18(17)22-20-19(15(3)24-26(20)21)16-8-5-4-6-9-16/h4-6,8-9,12H,7,10-11H2,1-3H3. The van der Waals surface area contributed by atoms with Crippen molar-refractivity contribution in [2.75, 3.05) is 0 Å². The molecule has 0 fully saturated rings. The van der Waals surface area contributed by atoms with Crippen LogP contribution in [0.1, 0.15) is 34.8 Å². The number of aromatic nitrogens is 5. The van der Waals surface area contributed by atoms with Crippen molar-refractivity contribution in [2.45, 2.75) is 40.0 Å². The van der Waals surface area contributed by atoms with Crippen molar-refractivity contribution in [2.24, 2.45) is 0 Å². The predicted octanol–water partition coefficient (Wildman–Crippen LogP) is 4.00. The van der Waals surface area contributed by atoms with Crippen molar-refractivity contribution in [3.8, 4) is 16.9 Å². The van der Waals surface area contributed by atoms with E-state index in [-0.39, 0.29) is 0 Å². The fourth-order valence-electron chi connectivity index (χ4n) is 4.12. The third-order valence-corrected chi connectivity index (χ3v) is 5.21. The van der Waals surface area contributed by atoms with Gasteiger partial charge in [-0.1, -0.05) is 30.3 Å². The first-order valence-corrected chi connectivity index (χ1v) is 9.13. The van der Waals surface area contributed by atoms with Gasteiger partial charge in [-0.05, 0) is 51.7 Å². The number of hydrogen-bond acceptors (Lipinski definition) is 3. The highest BCUT2D eigenvalue weighted by molar-refractivity contribution is 5.80. The molecule has 0 aliphatic heterocycles. The normalized spacial score (nSPS) is 13.5. The van der Waals surface area contributed by atoms with Gasteiger partial charge >= 0.3 is 0 Å². The van der Waals surface area contributed by atoms with Crippen molar-refractivity contribution >= 4 is 5.65 Å². The SMILES string of the molecule is Cc1cc(C)n(-c2c3c(nc4c(-c5ccccc5)c(C)nn24)CCC3)n1. The molecule has 4 aromatic rings. The van der Waals surface area contributed by atoms with E-state index in [1.165, 1.54) is 11.3 Å². The molecule has 3 heterocycles. The molecular weight excluding hydrogens is 322 g/mol. The lowest BCUT2D eigenvalue weighted by molar-refractivity contribution is 0.738. The van der Waals surface area contributed by atoms with Crippen LogP contribution in [0.2, 0.25) is 0 Å². The molecule has 1 aliphatic carbocycles. The summed E-state index contributed by atoms with van der Waals surface area (Å²) in [6.07, 6.45) is 3.20. The highest BCUT2D eigenvalue weighted by Gasteiger charge is 2.26. The molecule has 1 aromatic carbocycles. The maximum atomic E-state index is 5.03. The van der Waals surface area contributed by atoms with E-state index in [0.717, 1.165) is 58.9 Å². The summed E-state index contributed by atoms with van der Waals surface area (Å²) in [4.78, 5) is 5.03. The Morgan fingerprint density at radius 1 is 0.962 bits per heavy atom. The van der Waals surface area contributed by atoms with Crippen LogP contribution in [-0.4, -0.2) is 24.4 Å². The molecule has 1 aliphatic rings. The van der Waals surface area contributed by atoms with Crippen LogP contribution in [-0.2, 0) is 12.8 Å². The molecule has 3 aromatic heterocycles. The first-order valence-electron chi connectivity index (χ1n) is 9.13. The summed E-state index contributed by atoms with van der Waals surface area (Å²) in [7, 11) is 0. The van der Waals surface area contributed by atoms with Gasteiger partial charge in [0, 0.05) is 22.5 Å².